The average molecular weight is 391 g/mol. The van der Waals surface area contributed by atoms with Crippen LogP contribution in [0.1, 0.15) is 47.7 Å². The van der Waals surface area contributed by atoms with Crippen LogP contribution in [-0.4, -0.2) is 36.0 Å². The van der Waals surface area contributed by atoms with Crippen LogP contribution in [0.4, 0.5) is 5.69 Å². The van der Waals surface area contributed by atoms with Crippen LogP contribution >= 0.6 is 0 Å². The number of esters is 1. The Labute approximate surface area is 171 Å². The predicted octanol–water partition coefficient (Wildman–Crippen LogP) is 3.73. The fraction of sp³-hybridized carbons (Fsp3) is 0.348. The number of carbonyl (C=O) groups excluding carboxylic acids is 2. The Morgan fingerprint density at radius 3 is 2.48 bits per heavy atom. The number of ether oxygens (including phenoxy) is 1. The number of benzene rings is 2. The van der Waals surface area contributed by atoms with Crippen LogP contribution in [0.2, 0.25) is 0 Å². The summed E-state index contributed by atoms with van der Waals surface area (Å²) in [5.41, 5.74) is 2.31. The van der Waals surface area contributed by atoms with E-state index in [1.807, 2.05) is 18.2 Å². The van der Waals surface area contributed by atoms with Crippen LogP contribution in [0.5, 0.6) is 0 Å². The minimum absolute atomic E-state index is 0.351. The third kappa shape index (κ3) is 5.66. The number of para-hydroxylation sites is 1. The van der Waals surface area contributed by atoms with Gasteiger partial charge in [0, 0.05) is 6.54 Å². The Bertz CT molecular complexity index is 896. The van der Waals surface area contributed by atoms with Gasteiger partial charge < -0.3 is 10.1 Å². The average Bonchev–Trinajstić information content (AvgIpc) is 2.75. The van der Waals surface area contributed by atoms with Crippen molar-refractivity contribution in [3.63, 3.8) is 0 Å². The van der Waals surface area contributed by atoms with Crippen molar-refractivity contribution in [2.24, 2.45) is 0 Å². The molecule has 1 unspecified atom stereocenters. The Balaban J connectivity index is 1.54. The molecule has 1 atom stereocenters. The second-order valence-electron chi connectivity index (χ2n) is 7.23. The number of nitrogens with zero attached hydrogens (tertiary/aromatic N) is 2. The number of nitriles is 1. The number of hydrogen-bond acceptors (Lipinski definition) is 5. The number of hydrogen-bond donors (Lipinski definition) is 1. The molecule has 0 bridgehead atoms. The number of anilines is 1. The first kappa shape index (κ1) is 20.6. The van der Waals surface area contributed by atoms with E-state index in [4.69, 9.17) is 10.00 Å². The lowest BCUT2D eigenvalue weighted by Gasteiger charge is -2.26. The van der Waals surface area contributed by atoms with E-state index in [-0.39, 0.29) is 0 Å². The fourth-order valence-electron chi connectivity index (χ4n) is 3.33. The molecule has 1 saturated heterocycles. The van der Waals surface area contributed by atoms with E-state index in [1.165, 1.54) is 26.2 Å². The van der Waals surface area contributed by atoms with Gasteiger partial charge in [-0.15, -0.1) is 0 Å². The van der Waals surface area contributed by atoms with E-state index >= 15 is 0 Å². The summed E-state index contributed by atoms with van der Waals surface area (Å²) in [6.07, 6.45) is 2.80. The summed E-state index contributed by atoms with van der Waals surface area (Å²) in [4.78, 5) is 27.1. The highest BCUT2D eigenvalue weighted by Gasteiger charge is 2.20. The molecule has 0 aromatic heterocycles. The van der Waals surface area contributed by atoms with Crippen LogP contribution in [0, 0.1) is 11.3 Å². The number of rotatable bonds is 6. The second kappa shape index (κ2) is 9.85. The summed E-state index contributed by atoms with van der Waals surface area (Å²) < 4.78 is 5.29. The Kier molecular flexibility index (Phi) is 6.99. The first-order valence-electron chi connectivity index (χ1n) is 9.89. The summed E-state index contributed by atoms with van der Waals surface area (Å²) in [5, 5.41) is 11.7. The molecule has 1 amide bonds. The van der Waals surface area contributed by atoms with Crippen molar-refractivity contribution in [3.05, 3.63) is 65.2 Å². The first-order chi connectivity index (χ1) is 14.1. The fourth-order valence-corrected chi connectivity index (χ4v) is 3.33. The van der Waals surface area contributed by atoms with Gasteiger partial charge in [-0.05, 0) is 62.7 Å². The molecular formula is C23H25N3O3. The first-order valence-corrected chi connectivity index (χ1v) is 9.89. The van der Waals surface area contributed by atoms with E-state index in [2.05, 4.69) is 10.2 Å². The number of carbonyl (C=O) groups is 2. The maximum absolute atomic E-state index is 12.4. The molecular weight excluding hydrogens is 366 g/mol. The van der Waals surface area contributed by atoms with Gasteiger partial charge in [0.1, 0.15) is 6.07 Å². The van der Waals surface area contributed by atoms with Crippen LogP contribution in [0.25, 0.3) is 0 Å². The van der Waals surface area contributed by atoms with Gasteiger partial charge in [-0.1, -0.05) is 30.7 Å². The van der Waals surface area contributed by atoms with Gasteiger partial charge in [0.15, 0.2) is 6.10 Å². The molecule has 0 spiro atoms. The van der Waals surface area contributed by atoms with E-state index in [1.54, 1.807) is 36.4 Å². The third-order valence-corrected chi connectivity index (χ3v) is 5.00. The van der Waals surface area contributed by atoms with Crippen LogP contribution in [0.3, 0.4) is 0 Å². The quantitative estimate of drug-likeness (QED) is 0.759. The highest BCUT2D eigenvalue weighted by molar-refractivity contribution is 5.98. The maximum atomic E-state index is 12.4. The molecule has 2 aromatic carbocycles. The molecule has 1 aliphatic rings. The van der Waals surface area contributed by atoms with Crippen LogP contribution in [-0.2, 0) is 16.1 Å². The molecule has 0 radical (unpaired) electrons. The third-order valence-electron chi connectivity index (χ3n) is 5.00. The van der Waals surface area contributed by atoms with Crippen molar-refractivity contribution in [2.45, 2.75) is 38.8 Å². The lowest BCUT2D eigenvalue weighted by atomic mass is 10.1. The minimum atomic E-state index is -0.984. The van der Waals surface area contributed by atoms with Gasteiger partial charge in [0.2, 0.25) is 0 Å². The Morgan fingerprint density at radius 1 is 1.10 bits per heavy atom. The van der Waals surface area contributed by atoms with Crippen LogP contribution in [0.15, 0.2) is 48.5 Å². The van der Waals surface area contributed by atoms with Crippen molar-refractivity contribution in [1.82, 2.24) is 4.90 Å². The summed E-state index contributed by atoms with van der Waals surface area (Å²) >= 11 is 0. The second-order valence-corrected chi connectivity index (χ2v) is 7.23. The van der Waals surface area contributed by atoms with Gasteiger partial charge in [-0.3, -0.25) is 9.69 Å². The smallest absolute Gasteiger partial charge is 0.338 e. The molecule has 3 rings (SSSR count). The summed E-state index contributed by atoms with van der Waals surface area (Å²) in [6, 6.07) is 16.0. The van der Waals surface area contributed by atoms with Gasteiger partial charge in [-0.25, -0.2) is 4.79 Å². The Hall–Kier alpha value is -3.17. The van der Waals surface area contributed by atoms with Crippen LogP contribution < -0.4 is 5.32 Å². The zero-order valence-corrected chi connectivity index (χ0v) is 16.6. The minimum Gasteiger partial charge on any atom is -0.449 e. The maximum Gasteiger partial charge on any atom is 0.338 e. The molecule has 0 aliphatic carbocycles. The molecule has 2 aromatic rings. The highest BCUT2D eigenvalue weighted by atomic mass is 16.5. The predicted molar refractivity (Wildman–Crippen MR) is 110 cm³/mol. The molecule has 6 heteroatoms. The van der Waals surface area contributed by atoms with E-state index in [0.29, 0.717) is 16.8 Å². The van der Waals surface area contributed by atoms with E-state index < -0.39 is 18.0 Å². The zero-order chi connectivity index (χ0) is 20.6. The van der Waals surface area contributed by atoms with Crippen molar-refractivity contribution >= 4 is 17.6 Å². The normalized spacial score (nSPS) is 15.2. The van der Waals surface area contributed by atoms with Crippen molar-refractivity contribution < 1.29 is 14.3 Å². The number of nitrogens with one attached hydrogen (secondary N) is 1. The van der Waals surface area contributed by atoms with E-state index in [0.717, 1.165) is 25.2 Å². The van der Waals surface area contributed by atoms with Crippen molar-refractivity contribution in [2.75, 3.05) is 18.4 Å². The molecule has 150 valence electrons. The van der Waals surface area contributed by atoms with Gasteiger partial charge in [0.05, 0.1) is 16.8 Å². The molecule has 0 saturated carbocycles. The molecule has 1 fully saturated rings. The van der Waals surface area contributed by atoms with Gasteiger partial charge in [-0.2, -0.15) is 5.26 Å². The summed E-state index contributed by atoms with van der Waals surface area (Å²) in [6.45, 7) is 4.62. The molecule has 1 heterocycles. The zero-order valence-electron chi connectivity index (χ0n) is 16.6. The standard InChI is InChI=1S/C23H25N3O3/c1-17(22(27)25-21-8-4-3-7-20(21)15-24)29-23(28)19-11-9-18(10-12-19)16-26-13-5-2-6-14-26/h3-4,7-12,17H,2,5-6,13-14,16H2,1H3,(H,25,27). The topological polar surface area (TPSA) is 82.4 Å². The highest BCUT2D eigenvalue weighted by Crippen LogP contribution is 2.16. The van der Waals surface area contributed by atoms with Crippen molar-refractivity contribution in [3.8, 4) is 6.07 Å². The number of piperidine rings is 1. The largest absolute Gasteiger partial charge is 0.449 e. The lowest BCUT2D eigenvalue weighted by molar-refractivity contribution is -0.123. The number of likely N-dealkylation sites (tertiary alicyclic amines) is 1. The molecule has 29 heavy (non-hydrogen) atoms. The van der Waals surface area contributed by atoms with E-state index in [9.17, 15) is 9.59 Å². The summed E-state index contributed by atoms with van der Waals surface area (Å²) in [5.74, 6) is -1.03. The lowest BCUT2D eigenvalue weighted by Crippen LogP contribution is -2.30. The van der Waals surface area contributed by atoms with Gasteiger partial charge in [0.25, 0.3) is 5.91 Å². The Morgan fingerprint density at radius 2 is 1.79 bits per heavy atom. The molecule has 6 nitrogen and oxygen atoms in total. The molecule has 1 N–H and O–H groups in total. The number of amides is 1. The molecule has 1 aliphatic heterocycles. The van der Waals surface area contributed by atoms with Gasteiger partial charge >= 0.3 is 5.97 Å². The summed E-state index contributed by atoms with van der Waals surface area (Å²) in [7, 11) is 0. The monoisotopic (exact) mass is 391 g/mol. The SMILES string of the molecule is CC(OC(=O)c1ccc(CN2CCCCC2)cc1)C(=O)Nc1ccccc1C#N. The van der Waals surface area contributed by atoms with Crippen molar-refractivity contribution in [1.29, 1.82) is 5.26 Å².